The molecule has 0 saturated carbocycles. The average molecular weight is 729 g/mol. The highest BCUT2D eigenvalue weighted by Crippen LogP contribution is 2.32. The number of benzene rings is 5. The summed E-state index contributed by atoms with van der Waals surface area (Å²) in [7, 11) is 0. The summed E-state index contributed by atoms with van der Waals surface area (Å²) in [5.41, 5.74) is 5.38. The zero-order valence-electron chi connectivity index (χ0n) is 27.5. The highest BCUT2D eigenvalue weighted by Gasteiger charge is 2.21. The van der Waals surface area contributed by atoms with E-state index in [1.165, 1.54) is 23.1 Å². The molecule has 1 heterocycles. The molecule has 10 heteroatoms. The molecule has 0 aliphatic heterocycles. The van der Waals surface area contributed by atoms with E-state index in [9.17, 15) is 14.4 Å². The fraction of sp³-hybridized carbons (Fsp3) is 0.0732. The predicted octanol–water partition coefficient (Wildman–Crippen LogP) is 10.0. The molecule has 254 valence electrons. The molecule has 5 aromatic carbocycles. The topological polar surface area (TPSA) is 100 Å². The van der Waals surface area contributed by atoms with Gasteiger partial charge < -0.3 is 16.0 Å². The number of nitrogens with zero attached hydrogens (tertiary/aromatic N) is 1. The molecule has 1 atom stereocenters. The molecule has 0 aliphatic carbocycles. The number of aromatic nitrogens is 1. The Hall–Kier alpha value is -5.48. The van der Waals surface area contributed by atoms with Crippen LogP contribution < -0.4 is 16.0 Å². The minimum atomic E-state index is -0.489. The summed E-state index contributed by atoms with van der Waals surface area (Å²) in [5, 5.41) is 11.2. The Morgan fingerprint density at radius 1 is 0.804 bits per heavy atom. The quantitative estimate of drug-likeness (QED) is 0.0861. The number of carbonyl (C=O) groups excluding carboxylic acids is 3. The summed E-state index contributed by atoms with van der Waals surface area (Å²) in [6.07, 6.45) is 2.22. The largest absolute Gasteiger partial charge is 0.321 e. The minimum Gasteiger partial charge on any atom is -0.321 e. The number of hydrogen-bond donors (Lipinski definition) is 3. The molecule has 0 fully saturated rings. The SMILES string of the molecule is CCC(Sc1cccc(NC(=O)/C(=C\c2ccc(-c3ccccc3)cc2)NC(=O)c2ccccc2)c1)C(=O)Nc1nc(-c2ccccc2Cl)cs1. The average Bonchev–Trinajstić information content (AvgIpc) is 3.62. The molecule has 7 nitrogen and oxygen atoms in total. The molecule has 3 amide bonds. The second-order valence-corrected chi connectivity index (χ2v) is 13.9. The van der Waals surface area contributed by atoms with Gasteiger partial charge in [-0.1, -0.05) is 116 Å². The lowest BCUT2D eigenvalue weighted by molar-refractivity contribution is -0.116. The number of thiazole rings is 1. The standard InChI is InChI=1S/C41H33ClN4O3S2/c1-2-37(40(49)46-41-45-36(26-50-41)33-18-9-10-19-34(33)42)51-32-17-11-16-31(25-32)43-39(48)35(44-38(47)30-14-7-4-8-15-30)24-27-20-22-29(23-21-27)28-12-5-3-6-13-28/h3-26,37H,2H2,1H3,(H,43,48)(H,44,47)(H,45,46,49)/b35-24+. The van der Waals surface area contributed by atoms with E-state index < -0.39 is 17.1 Å². The second-order valence-electron chi connectivity index (χ2n) is 11.4. The van der Waals surface area contributed by atoms with Crippen LogP contribution in [0.15, 0.2) is 149 Å². The first-order valence-electron chi connectivity index (χ1n) is 16.2. The Labute approximate surface area is 309 Å². The van der Waals surface area contributed by atoms with Crippen LogP contribution in [0.2, 0.25) is 5.02 Å². The van der Waals surface area contributed by atoms with E-state index in [2.05, 4.69) is 20.9 Å². The highest BCUT2D eigenvalue weighted by molar-refractivity contribution is 8.00. The fourth-order valence-electron chi connectivity index (χ4n) is 5.15. The summed E-state index contributed by atoms with van der Waals surface area (Å²) < 4.78 is 0. The van der Waals surface area contributed by atoms with Crippen LogP contribution in [0.4, 0.5) is 10.8 Å². The summed E-state index contributed by atoms with van der Waals surface area (Å²) in [5.74, 6) is -1.07. The molecular formula is C41H33ClN4O3S2. The van der Waals surface area contributed by atoms with E-state index >= 15 is 0 Å². The first-order chi connectivity index (χ1) is 24.9. The van der Waals surface area contributed by atoms with Gasteiger partial charge in [0.1, 0.15) is 5.70 Å². The highest BCUT2D eigenvalue weighted by atomic mass is 35.5. The summed E-state index contributed by atoms with van der Waals surface area (Å²) in [4.78, 5) is 45.5. The number of anilines is 2. The Balaban J connectivity index is 1.16. The van der Waals surface area contributed by atoms with Gasteiger partial charge in [0.15, 0.2) is 5.13 Å². The normalized spacial score (nSPS) is 11.8. The van der Waals surface area contributed by atoms with E-state index in [0.717, 1.165) is 27.1 Å². The third-order valence-electron chi connectivity index (χ3n) is 7.78. The van der Waals surface area contributed by atoms with Gasteiger partial charge in [0.25, 0.3) is 11.8 Å². The number of nitrogens with one attached hydrogen (secondary N) is 3. The molecule has 0 spiro atoms. The summed E-state index contributed by atoms with van der Waals surface area (Å²) in [6, 6.07) is 41.2. The van der Waals surface area contributed by atoms with Gasteiger partial charge in [0.2, 0.25) is 5.91 Å². The van der Waals surface area contributed by atoms with Crippen molar-refractivity contribution in [3.8, 4) is 22.4 Å². The number of amides is 3. The fourth-order valence-corrected chi connectivity index (χ4v) is 7.11. The van der Waals surface area contributed by atoms with Crippen LogP contribution in [0, 0.1) is 0 Å². The maximum absolute atomic E-state index is 13.7. The first-order valence-corrected chi connectivity index (χ1v) is 18.3. The Morgan fingerprint density at radius 3 is 2.22 bits per heavy atom. The van der Waals surface area contributed by atoms with Crippen molar-refractivity contribution >= 4 is 69.3 Å². The molecule has 0 radical (unpaired) electrons. The smallest absolute Gasteiger partial charge is 0.272 e. The van der Waals surface area contributed by atoms with Crippen molar-refractivity contribution in [3.05, 3.63) is 161 Å². The predicted molar refractivity (Wildman–Crippen MR) is 210 cm³/mol. The van der Waals surface area contributed by atoms with Gasteiger partial charge in [0.05, 0.1) is 10.9 Å². The van der Waals surface area contributed by atoms with E-state index in [4.69, 9.17) is 11.6 Å². The zero-order chi connectivity index (χ0) is 35.6. The lowest BCUT2D eigenvalue weighted by Crippen LogP contribution is -2.30. The van der Waals surface area contributed by atoms with Crippen molar-refractivity contribution in [1.82, 2.24) is 10.3 Å². The molecule has 6 aromatic rings. The van der Waals surface area contributed by atoms with Crippen molar-refractivity contribution < 1.29 is 14.4 Å². The van der Waals surface area contributed by atoms with E-state index in [0.29, 0.717) is 33.5 Å². The molecular weight excluding hydrogens is 696 g/mol. The van der Waals surface area contributed by atoms with Crippen LogP contribution in [-0.4, -0.2) is 28.0 Å². The number of thioether (sulfide) groups is 1. The number of hydrogen-bond acceptors (Lipinski definition) is 6. The van der Waals surface area contributed by atoms with Gasteiger partial charge in [-0.05, 0) is 65.6 Å². The van der Waals surface area contributed by atoms with Crippen molar-refractivity contribution in [1.29, 1.82) is 0 Å². The Kier molecular flexibility index (Phi) is 11.8. The lowest BCUT2D eigenvalue weighted by atomic mass is 10.0. The van der Waals surface area contributed by atoms with Crippen molar-refractivity contribution in [2.45, 2.75) is 23.5 Å². The minimum absolute atomic E-state index is 0.0831. The molecule has 1 aromatic heterocycles. The van der Waals surface area contributed by atoms with Crippen LogP contribution >= 0.6 is 34.7 Å². The van der Waals surface area contributed by atoms with Gasteiger partial charge in [-0.2, -0.15) is 0 Å². The third kappa shape index (κ3) is 9.40. The zero-order valence-corrected chi connectivity index (χ0v) is 29.9. The van der Waals surface area contributed by atoms with Crippen LogP contribution in [0.25, 0.3) is 28.5 Å². The molecule has 0 aliphatic rings. The Bertz CT molecular complexity index is 2170. The van der Waals surface area contributed by atoms with E-state index in [-0.39, 0.29) is 11.6 Å². The molecule has 0 saturated heterocycles. The van der Waals surface area contributed by atoms with Gasteiger partial charge in [-0.15, -0.1) is 23.1 Å². The molecule has 1 unspecified atom stereocenters. The van der Waals surface area contributed by atoms with E-state index in [1.54, 1.807) is 42.5 Å². The van der Waals surface area contributed by atoms with Gasteiger partial charge in [0, 0.05) is 32.1 Å². The maximum atomic E-state index is 13.7. The van der Waals surface area contributed by atoms with Crippen LogP contribution in [-0.2, 0) is 9.59 Å². The first kappa shape index (κ1) is 35.3. The lowest BCUT2D eigenvalue weighted by Gasteiger charge is -2.15. The van der Waals surface area contributed by atoms with Crippen molar-refractivity contribution in [2.75, 3.05) is 10.6 Å². The summed E-state index contributed by atoms with van der Waals surface area (Å²) >= 11 is 9.06. The third-order valence-corrected chi connectivity index (χ3v) is 10.2. The molecule has 6 rings (SSSR count). The molecule has 51 heavy (non-hydrogen) atoms. The number of halogens is 1. The Morgan fingerprint density at radius 2 is 1.49 bits per heavy atom. The van der Waals surface area contributed by atoms with Crippen LogP contribution in [0.5, 0.6) is 0 Å². The van der Waals surface area contributed by atoms with Crippen molar-refractivity contribution in [2.24, 2.45) is 0 Å². The van der Waals surface area contributed by atoms with Crippen LogP contribution in [0.3, 0.4) is 0 Å². The summed E-state index contributed by atoms with van der Waals surface area (Å²) in [6.45, 7) is 1.94. The van der Waals surface area contributed by atoms with E-state index in [1.807, 2.05) is 109 Å². The van der Waals surface area contributed by atoms with Gasteiger partial charge in [-0.25, -0.2) is 4.98 Å². The molecule has 0 bridgehead atoms. The monoisotopic (exact) mass is 728 g/mol. The molecule has 3 N–H and O–H groups in total. The van der Waals surface area contributed by atoms with Gasteiger partial charge in [-0.3, -0.25) is 14.4 Å². The second kappa shape index (κ2) is 17.0. The van der Waals surface area contributed by atoms with Crippen LogP contribution in [0.1, 0.15) is 29.3 Å². The maximum Gasteiger partial charge on any atom is 0.272 e. The van der Waals surface area contributed by atoms with Crippen molar-refractivity contribution in [3.63, 3.8) is 0 Å². The number of rotatable bonds is 12. The number of carbonyl (C=O) groups is 3. The van der Waals surface area contributed by atoms with Gasteiger partial charge >= 0.3 is 0 Å².